The SMILES string of the molecule is CSc1nccc(C2=C(c3ccc(F)cc3)C(O)N(C)N2C2CCN(C(=O)OC(C)(C)C)CC2)n1. The third kappa shape index (κ3) is 5.44. The van der Waals surface area contributed by atoms with E-state index in [1.165, 1.54) is 23.9 Å². The van der Waals surface area contributed by atoms with Gasteiger partial charge in [0.05, 0.1) is 11.4 Å². The minimum atomic E-state index is -0.938. The van der Waals surface area contributed by atoms with Gasteiger partial charge in [0.25, 0.3) is 0 Å². The molecule has 0 bridgehead atoms. The van der Waals surface area contributed by atoms with Crippen LogP contribution in [0.1, 0.15) is 44.9 Å². The first-order valence-corrected chi connectivity index (χ1v) is 12.9. The third-order valence-electron chi connectivity index (χ3n) is 6.11. The molecule has 0 spiro atoms. The zero-order chi connectivity index (χ0) is 25.3. The number of thioether (sulfide) groups is 1. The standard InChI is InChI=1S/C25H32FN5O3S/c1-25(2,3)34-24(33)30-14-11-18(12-15-30)31-21(19-10-13-27-23(28-19)35-5)20(22(32)29(31)4)16-6-8-17(26)9-7-16/h6-10,13,18,22,32H,11-12,14-15H2,1-5H3. The summed E-state index contributed by atoms with van der Waals surface area (Å²) in [4.78, 5) is 23.3. The molecule has 8 nitrogen and oxygen atoms in total. The number of aliphatic hydroxyl groups is 1. The Balaban J connectivity index is 1.69. The number of rotatable bonds is 4. The molecule has 0 aliphatic carbocycles. The van der Waals surface area contributed by atoms with E-state index in [2.05, 4.69) is 9.99 Å². The lowest BCUT2D eigenvalue weighted by Gasteiger charge is -2.42. The molecule has 1 unspecified atom stereocenters. The molecule has 1 amide bonds. The van der Waals surface area contributed by atoms with Crippen LogP contribution >= 0.6 is 11.8 Å². The lowest BCUT2D eigenvalue weighted by molar-refractivity contribution is -0.0737. The van der Waals surface area contributed by atoms with E-state index in [4.69, 9.17) is 9.72 Å². The number of aromatic nitrogens is 2. The van der Waals surface area contributed by atoms with Crippen LogP contribution in [0, 0.1) is 5.82 Å². The minimum Gasteiger partial charge on any atom is -0.444 e. The van der Waals surface area contributed by atoms with E-state index in [9.17, 15) is 14.3 Å². The molecule has 2 aromatic rings. The van der Waals surface area contributed by atoms with E-state index in [-0.39, 0.29) is 18.0 Å². The van der Waals surface area contributed by atoms with Crippen LogP contribution in [0.25, 0.3) is 11.3 Å². The van der Waals surface area contributed by atoms with Crippen molar-refractivity contribution in [3.8, 4) is 0 Å². The van der Waals surface area contributed by atoms with Crippen molar-refractivity contribution in [1.29, 1.82) is 0 Å². The molecule has 1 fully saturated rings. The summed E-state index contributed by atoms with van der Waals surface area (Å²) < 4.78 is 19.2. The second-order valence-electron chi connectivity index (χ2n) is 9.69. The Morgan fingerprint density at radius 2 is 1.83 bits per heavy atom. The van der Waals surface area contributed by atoms with Crippen molar-refractivity contribution in [2.75, 3.05) is 26.4 Å². The summed E-state index contributed by atoms with van der Waals surface area (Å²) in [6.07, 6.45) is 3.75. The van der Waals surface area contributed by atoms with Crippen molar-refractivity contribution in [2.24, 2.45) is 0 Å². The maximum atomic E-state index is 13.7. The Hall–Kier alpha value is -2.69. The largest absolute Gasteiger partial charge is 0.444 e. The fourth-order valence-corrected chi connectivity index (χ4v) is 4.87. The van der Waals surface area contributed by atoms with Crippen LogP contribution in [-0.2, 0) is 4.74 Å². The highest BCUT2D eigenvalue weighted by molar-refractivity contribution is 7.98. The predicted octanol–water partition coefficient (Wildman–Crippen LogP) is 4.09. The Labute approximate surface area is 209 Å². The number of carbonyl (C=O) groups is 1. The highest BCUT2D eigenvalue weighted by Gasteiger charge is 2.42. The molecular weight excluding hydrogens is 469 g/mol. The molecule has 1 aromatic heterocycles. The summed E-state index contributed by atoms with van der Waals surface area (Å²) in [6.45, 7) is 6.66. The van der Waals surface area contributed by atoms with Crippen molar-refractivity contribution >= 4 is 29.1 Å². The highest BCUT2D eigenvalue weighted by atomic mass is 32.2. The number of hydrogen-bond donors (Lipinski definition) is 1. The van der Waals surface area contributed by atoms with E-state index in [1.54, 1.807) is 28.2 Å². The molecule has 1 N–H and O–H groups in total. The van der Waals surface area contributed by atoms with Crippen LogP contribution in [0.4, 0.5) is 9.18 Å². The Morgan fingerprint density at radius 3 is 2.43 bits per heavy atom. The Morgan fingerprint density at radius 1 is 1.17 bits per heavy atom. The van der Waals surface area contributed by atoms with E-state index < -0.39 is 11.8 Å². The topological polar surface area (TPSA) is 82.0 Å². The monoisotopic (exact) mass is 501 g/mol. The van der Waals surface area contributed by atoms with Crippen LogP contribution in [0.3, 0.4) is 0 Å². The number of carbonyl (C=O) groups excluding carboxylic acids is 1. The average molecular weight is 502 g/mol. The van der Waals surface area contributed by atoms with Gasteiger partial charge in [0.15, 0.2) is 11.4 Å². The molecule has 2 aliphatic rings. The number of benzene rings is 1. The number of aliphatic hydroxyl groups excluding tert-OH is 1. The first-order chi connectivity index (χ1) is 16.6. The minimum absolute atomic E-state index is 0.0222. The molecule has 35 heavy (non-hydrogen) atoms. The number of hydrazine groups is 1. The lowest BCUT2D eigenvalue weighted by Crippen LogP contribution is -2.51. The smallest absolute Gasteiger partial charge is 0.410 e. The molecule has 0 radical (unpaired) electrons. The number of nitrogens with zero attached hydrogens (tertiary/aromatic N) is 5. The van der Waals surface area contributed by atoms with Gasteiger partial charge in [0.1, 0.15) is 11.4 Å². The Bertz CT molecular complexity index is 1100. The quantitative estimate of drug-likeness (QED) is 0.496. The lowest BCUT2D eigenvalue weighted by atomic mass is 9.99. The van der Waals surface area contributed by atoms with Gasteiger partial charge in [-0.1, -0.05) is 23.9 Å². The fourth-order valence-electron chi connectivity index (χ4n) is 4.51. The molecule has 1 saturated heterocycles. The number of amides is 1. The Kier molecular flexibility index (Phi) is 7.35. The third-order valence-corrected chi connectivity index (χ3v) is 6.67. The molecule has 1 atom stereocenters. The van der Waals surface area contributed by atoms with Crippen LogP contribution in [0.5, 0.6) is 0 Å². The van der Waals surface area contributed by atoms with Crippen molar-refractivity contribution < 1.29 is 19.0 Å². The van der Waals surface area contributed by atoms with Crippen molar-refractivity contribution in [3.63, 3.8) is 0 Å². The van der Waals surface area contributed by atoms with Gasteiger partial charge >= 0.3 is 6.09 Å². The number of likely N-dealkylation sites (tertiary alicyclic amines) is 1. The molecule has 10 heteroatoms. The van der Waals surface area contributed by atoms with Crippen LogP contribution < -0.4 is 0 Å². The first kappa shape index (κ1) is 25.4. The zero-order valence-electron chi connectivity index (χ0n) is 20.7. The van der Waals surface area contributed by atoms with Crippen molar-refractivity contribution in [3.05, 3.63) is 53.6 Å². The zero-order valence-corrected chi connectivity index (χ0v) is 21.5. The summed E-state index contributed by atoms with van der Waals surface area (Å²) in [6, 6.07) is 7.98. The van der Waals surface area contributed by atoms with Crippen LogP contribution in [0.15, 0.2) is 41.7 Å². The number of hydrogen-bond acceptors (Lipinski definition) is 8. The summed E-state index contributed by atoms with van der Waals surface area (Å²) in [5.41, 5.74) is 2.28. The van der Waals surface area contributed by atoms with Crippen molar-refractivity contribution in [2.45, 2.75) is 56.6 Å². The van der Waals surface area contributed by atoms with Gasteiger partial charge < -0.3 is 14.7 Å². The molecular formula is C25H32FN5O3S. The summed E-state index contributed by atoms with van der Waals surface area (Å²) >= 11 is 1.44. The predicted molar refractivity (Wildman–Crippen MR) is 133 cm³/mol. The van der Waals surface area contributed by atoms with Crippen molar-refractivity contribution in [1.82, 2.24) is 24.9 Å². The summed E-state index contributed by atoms with van der Waals surface area (Å²) in [5.74, 6) is -0.338. The van der Waals surface area contributed by atoms with E-state index >= 15 is 0 Å². The van der Waals surface area contributed by atoms with E-state index in [0.29, 0.717) is 42.4 Å². The van der Waals surface area contributed by atoms with Gasteiger partial charge in [0.2, 0.25) is 0 Å². The van der Waals surface area contributed by atoms with E-state index in [0.717, 1.165) is 11.3 Å². The first-order valence-electron chi connectivity index (χ1n) is 11.6. The molecule has 0 saturated carbocycles. The van der Waals surface area contributed by atoms with E-state index in [1.807, 2.05) is 40.1 Å². The van der Waals surface area contributed by atoms with Gasteiger partial charge in [-0.15, -0.1) is 0 Å². The number of ether oxygens (including phenoxy) is 1. The normalized spacial score (nSPS) is 20.0. The molecule has 188 valence electrons. The number of likely N-dealkylation sites (N-methyl/N-ethyl adjacent to an activating group) is 1. The van der Waals surface area contributed by atoms with Crippen LogP contribution in [-0.4, -0.2) is 80.3 Å². The van der Waals surface area contributed by atoms with Gasteiger partial charge in [-0.2, -0.15) is 5.01 Å². The molecule has 1 aromatic carbocycles. The number of piperidine rings is 1. The van der Waals surface area contributed by atoms with Gasteiger partial charge in [0, 0.05) is 37.9 Å². The van der Waals surface area contributed by atoms with Gasteiger partial charge in [-0.05, 0) is 63.6 Å². The second kappa shape index (κ2) is 10.1. The fraction of sp³-hybridized carbons (Fsp3) is 0.480. The van der Waals surface area contributed by atoms with Gasteiger partial charge in [-0.3, -0.25) is 5.01 Å². The van der Waals surface area contributed by atoms with Crippen LogP contribution in [0.2, 0.25) is 0 Å². The molecule has 2 aliphatic heterocycles. The maximum absolute atomic E-state index is 13.7. The highest BCUT2D eigenvalue weighted by Crippen LogP contribution is 2.42. The molecule has 3 heterocycles. The second-order valence-corrected chi connectivity index (χ2v) is 10.5. The maximum Gasteiger partial charge on any atom is 0.410 e. The summed E-state index contributed by atoms with van der Waals surface area (Å²) in [5, 5.41) is 15.8. The average Bonchev–Trinajstić information content (AvgIpc) is 3.09. The number of halogens is 1. The summed E-state index contributed by atoms with van der Waals surface area (Å²) in [7, 11) is 1.83. The molecule has 4 rings (SSSR count). The van der Waals surface area contributed by atoms with Gasteiger partial charge in [-0.25, -0.2) is 19.2 Å².